The Bertz CT molecular complexity index is 41.7. The van der Waals surface area contributed by atoms with E-state index in [0.717, 1.165) is 6.54 Å². The first-order valence-electron chi connectivity index (χ1n) is 3.44. The Morgan fingerprint density at radius 2 is 2.00 bits per heavy atom. The third-order valence-corrected chi connectivity index (χ3v) is 1.01. The SMILES string of the molecule is CCCC[N]C(C)C. The minimum absolute atomic E-state index is 0.529. The van der Waals surface area contributed by atoms with Gasteiger partial charge in [-0.1, -0.05) is 13.3 Å². The molecule has 1 radical (unpaired) electrons. The molecule has 0 spiro atoms. The first kappa shape index (κ1) is 7.96. The second-order valence-corrected chi connectivity index (χ2v) is 2.35. The highest BCUT2D eigenvalue weighted by Crippen LogP contribution is 1.86. The number of unbranched alkanes of at least 4 members (excludes halogenated alkanes) is 1. The lowest BCUT2D eigenvalue weighted by Gasteiger charge is -2.02. The number of hydrogen-bond acceptors (Lipinski definition) is 0. The molecule has 0 amide bonds. The lowest BCUT2D eigenvalue weighted by atomic mass is 10.3. The first-order valence-corrected chi connectivity index (χ1v) is 3.44. The third kappa shape index (κ3) is 5.96. The predicted molar refractivity (Wildman–Crippen MR) is 37.0 cm³/mol. The van der Waals surface area contributed by atoms with Gasteiger partial charge in [-0.05, 0) is 20.3 Å². The molecule has 0 N–H and O–H groups in total. The second-order valence-electron chi connectivity index (χ2n) is 2.35. The Morgan fingerprint density at radius 3 is 2.38 bits per heavy atom. The van der Waals surface area contributed by atoms with Crippen LogP contribution in [0.3, 0.4) is 0 Å². The molecule has 0 aromatic rings. The fraction of sp³-hybridized carbons (Fsp3) is 1.00. The minimum Gasteiger partial charge on any atom is -0.239 e. The van der Waals surface area contributed by atoms with Gasteiger partial charge in [-0.2, -0.15) is 0 Å². The number of rotatable bonds is 4. The molecule has 1 heteroatoms. The molecular formula is C7H16N. The van der Waals surface area contributed by atoms with Gasteiger partial charge in [0.15, 0.2) is 0 Å². The van der Waals surface area contributed by atoms with Crippen molar-refractivity contribution in [2.24, 2.45) is 0 Å². The molecule has 0 saturated carbocycles. The Morgan fingerprint density at radius 1 is 1.38 bits per heavy atom. The average Bonchev–Trinajstić information content (AvgIpc) is 1.66. The summed E-state index contributed by atoms with van der Waals surface area (Å²) in [6, 6.07) is 0.529. The van der Waals surface area contributed by atoms with E-state index in [9.17, 15) is 0 Å². The summed E-state index contributed by atoms with van der Waals surface area (Å²) in [4.78, 5) is 0. The molecule has 0 aromatic carbocycles. The van der Waals surface area contributed by atoms with Gasteiger partial charge in [0.2, 0.25) is 0 Å². The van der Waals surface area contributed by atoms with E-state index < -0.39 is 0 Å². The van der Waals surface area contributed by atoms with E-state index in [2.05, 4.69) is 26.1 Å². The van der Waals surface area contributed by atoms with Gasteiger partial charge in [-0.25, -0.2) is 5.32 Å². The van der Waals surface area contributed by atoms with Crippen LogP contribution in [0.1, 0.15) is 33.6 Å². The largest absolute Gasteiger partial charge is 0.239 e. The van der Waals surface area contributed by atoms with E-state index in [4.69, 9.17) is 0 Å². The smallest absolute Gasteiger partial charge is 0.0189 e. The van der Waals surface area contributed by atoms with Crippen molar-refractivity contribution in [2.45, 2.75) is 39.7 Å². The van der Waals surface area contributed by atoms with Crippen molar-refractivity contribution in [1.82, 2.24) is 5.32 Å². The Kier molecular flexibility index (Phi) is 5.08. The van der Waals surface area contributed by atoms with Crippen LogP contribution in [0.15, 0.2) is 0 Å². The van der Waals surface area contributed by atoms with Crippen LogP contribution in [0, 0.1) is 0 Å². The van der Waals surface area contributed by atoms with Gasteiger partial charge >= 0.3 is 0 Å². The molecule has 0 aliphatic carbocycles. The van der Waals surface area contributed by atoms with Crippen LogP contribution in [-0.2, 0) is 0 Å². The molecule has 0 rings (SSSR count). The monoisotopic (exact) mass is 114 g/mol. The minimum atomic E-state index is 0.529. The molecule has 0 fully saturated rings. The molecule has 8 heavy (non-hydrogen) atoms. The summed E-state index contributed by atoms with van der Waals surface area (Å²) in [6.45, 7) is 7.48. The van der Waals surface area contributed by atoms with Crippen molar-refractivity contribution >= 4 is 0 Å². The highest BCUT2D eigenvalue weighted by molar-refractivity contribution is 4.49. The van der Waals surface area contributed by atoms with Crippen LogP contribution in [0.25, 0.3) is 0 Å². The molecule has 0 atom stereocenters. The van der Waals surface area contributed by atoms with Crippen LogP contribution in [-0.4, -0.2) is 12.6 Å². The molecule has 0 heterocycles. The summed E-state index contributed by atoms with van der Waals surface area (Å²) in [6.07, 6.45) is 2.51. The zero-order valence-corrected chi connectivity index (χ0v) is 6.15. The summed E-state index contributed by atoms with van der Waals surface area (Å²) in [5.74, 6) is 0. The molecule has 0 aliphatic rings. The van der Waals surface area contributed by atoms with Gasteiger partial charge in [0, 0.05) is 12.6 Å². The van der Waals surface area contributed by atoms with Crippen molar-refractivity contribution in [3.05, 3.63) is 0 Å². The van der Waals surface area contributed by atoms with Crippen LogP contribution in [0.5, 0.6) is 0 Å². The van der Waals surface area contributed by atoms with E-state index in [1.54, 1.807) is 0 Å². The molecule has 0 unspecified atom stereocenters. The molecule has 0 aliphatic heterocycles. The quantitative estimate of drug-likeness (QED) is 0.495. The van der Waals surface area contributed by atoms with Gasteiger partial charge in [0.25, 0.3) is 0 Å². The Hall–Kier alpha value is -0.0400. The summed E-state index contributed by atoms with van der Waals surface area (Å²) in [5, 5.41) is 4.31. The standard InChI is InChI=1S/C7H16N/c1-4-5-6-8-7(2)3/h7H,4-6H2,1-3H3. The Balaban J connectivity index is 2.72. The summed E-state index contributed by atoms with van der Waals surface area (Å²) in [5.41, 5.74) is 0. The molecular weight excluding hydrogens is 98.1 g/mol. The molecule has 0 aromatic heterocycles. The average molecular weight is 114 g/mol. The fourth-order valence-corrected chi connectivity index (χ4v) is 0.508. The highest BCUT2D eigenvalue weighted by Gasteiger charge is 1.89. The van der Waals surface area contributed by atoms with Gasteiger partial charge < -0.3 is 0 Å². The topological polar surface area (TPSA) is 14.1 Å². The zero-order chi connectivity index (χ0) is 6.41. The molecule has 0 saturated heterocycles. The van der Waals surface area contributed by atoms with Crippen molar-refractivity contribution in [1.29, 1.82) is 0 Å². The number of hydrogen-bond donors (Lipinski definition) is 0. The third-order valence-electron chi connectivity index (χ3n) is 1.01. The van der Waals surface area contributed by atoms with E-state index in [-0.39, 0.29) is 0 Å². The molecule has 1 nitrogen and oxygen atoms in total. The van der Waals surface area contributed by atoms with Gasteiger partial charge in [-0.15, -0.1) is 0 Å². The van der Waals surface area contributed by atoms with Crippen LogP contribution in [0.4, 0.5) is 0 Å². The van der Waals surface area contributed by atoms with Crippen LogP contribution in [0.2, 0.25) is 0 Å². The zero-order valence-electron chi connectivity index (χ0n) is 6.15. The fourth-order valence-electron chi connectivity index (χ4n) is 0.508. The maximum Gasteiger partial charge on any atom is 0.0189 e. The Labute approximate surface area is 52.5 Å². The normalized spacial score (nSPS) is 10.5. The van der Waals surface area contributed by atoms with E-state index in [1.165, 1.54) is 12.8 Å². The van der Waals surface area contributed by atoms with Crippen molar-refractivity contribution in [2.75, 3.05) is 6.54 Å². The van der Waals surface area contributed by atoms with E-state index in [1.807, 2.05) is 0 Å². The van der Waals surface area contributed by atoms with Gasteiger partial charge in [-0.3, -0.25) is 0 Å². The lowest BCUT2D eigenvalue weighted by Crippen LogP contribution is -2.15. The van der Waals surface area contributed by atoms with Crippen LogP contribution >= 0.6 is 0 Å². The summed E-state index contributed by atoms with van der Waals surface area (Å²) < 4.78 is 0. The summed E-state index contributed by atoms with van der Waals surface area (Å²) in [7, 11) is 0. The summed E-state index contributed by atoms with van der Waals surface area (Å²) >= 11 is 0. The maximum atomic E-state index is 4.31. The van der Waals surface area contributed by atoms with Crippen molar-refractivity contribution in [3.8, 4) is 0 Å². The van der Waals surface area contributed by atoms with Gasteiger partial charge in [0.05, 0.1) is 0 Å². The predicted octanol–water partition coefficient (Wildman–Crippen LogP) is 1.80. The highest BCUT2D eigenvalue weighted by atomic mass is 14.9. The van der Waals surface area contributed by atoms with Crippen molar-refractivity contribution < 1.29 is 0 Å². The molecule has 49 valence electrons. The first-order chi connectivity index (χ1) is 3.77. The van der Waals surface area contributed by atoms with Gasteiger partial charge in [0.1, 0.15) is 0 Å². The lowest BCUT2D eigenvalue weighted by molar-refractivity contribution is 0.554. The molecule has 0 bridgehead atoms. The van der Waals surface area contributed by atoms with E-state index >= 15 is 0 Å². The second kappa shape index (κ2) is 5.10. The number of nitrogens with zero attached hydrogens (tertiary/aromatic N) is 1. The van der Waals surface area contributed by atoms with Crippen LogP contribution < -0.4 is 5.32 Å². The van der Waals surface area contributed by atoms with E-state index in [0.29, 0.717) is 6.04 Å². The maximum absolute atomic E-state index is 4.31. The van der Waals surface area contributed by atoms with Crippen molar-refractivity contribution in [3.63, 3.8) is 0 Å².